The second-order valence-electron chi connectivity index (χ2n) is 8.18. The van der Waals surface area contributed by atoms with Gasteiger partial charge in [0, 0.05) is 12.0 Å². The zero-order chi connectivity index (χ0) is 21.1. The van der Waals surface area contributed by atoms with Crippen LogP contribution in [0.5, 0.6) is 0 Å². The van der Waals surface area contributed by atoms with Gasteiger partial charge in [0.15, 0.2) is 4.34 Å². The van der Waals surface area contributed by atoms with Gasteiger partial charge in [0.25, 0.3) is 0 Å². The van der Waals surface area contributed by atoms with Crippen LogP contribution in [0.25, 0.3) is 10.2 Å². The molecule has 0 bridgehead atoms. The fourth-order valence-corrected chi connectivity index (χ4v) is 5.04. The highest BCUT2D eigenvalue weighted by molar-refractivity contribution is 8.00. The highest BCUT2D eigenvalue weighted by Crippen LogP contribution is 2.34. The van der Waals surface area contributed by atoms with Crippen molar-refractivity contribution in [3.63, 3.8) is 0 Å². The van der Waals surface area contributed by atoms with Gasteiger partial charge in [-0.05, 0) is 52.4 Å². The smallest absolute Gasteiger partial charge is 0.151 e. The summed E-state index contributed by atoms with van der Waals surface area (Å²) in [6, 6.07) is 21.2. The van der Waals surface area contributed by atoms with Crippen molar-refractivity contribution in [3.8, 4) is 0 Å². The Morgan fingerprint density at radius 1 is 1.00 bits per heavy atom. The second-order valence-corrected chi connectivity index (χ2v) is 10.4. The third-order valence-electron chi connectivity index (χ3n) is 4.77. The topological polar surface area (TPSA) is 25.2 Å². The van der Waals surface area contributed by atoms with Gasteiger partial charge in [-0.25, -0.2) is 9.37 Å². The molecule has 3 aromatic carbocycles. The predicted molar refractivity (Wildman–Crippen MR) is 128 cm³/mol. The number of halogens is 1. The molecule has 0 N–H and O–H groups in total. The zero-order valence-electron chi connectivity index (χ0n) is 17.2. The number of thioether (sulfide) groups is 1. The van der Waals surface area contributed by atoms with Crippen molar-refractivity contribution in [1.29, 1.82) is 0 Å². The van der Waals surface area contributed by atoms with Gasteiger partial charge in [0.2, 0.25) is 0 Å². The Labute approximate surface area is 184 Å². The number of hydrogen-bond donors (Lipinski definition) is 0. The van der Waals surface area contributed by atoms with Crippen LogP contribution in [0.2, 0.25) is 0 Å². The van der Waals surface area contributed by atoms with Gasteiger partial charge in [-0.1, -0.05) is 68.9 Å². The summed E-state index contributed by atoms with van der Waals surface area (Å²) in [4.78, 5) is 9.25. The van der Waals surface area contributed by atoms with Crippen LogP contribution in [0.4, 0.5) is 10.1 Å². The molecule has 4 aromatic rings. The molecule has 2 nitrogen and oxygen atoms in total. The number of hydrogen-bond acceptors (Lipinski definition) is 4. The maximum atomic E-state index is 13.0. The lowest BCUT2D eigenvalue weighted by Gasteiger charge is -2.19. The third kappa shape index (κ3) is 5.15. The maximum Gasteiger partial charge on any atom is 0.151 e. The SMILES string of the molecule is CC(C)(C)c1ccc(CSc2nc3ccc(N=Cc4ccc(F)cc4)cc3s2)cc1. The van der Waals surface area contributed by atoms with Crippen molar-refractivity contribution in [2.75, 3.05) is 0 Å². The van der Waals surface area contributed by atoms with E-state index in [4.69, 9.17) is 4.98 Å². The fourth-order valence-electron chi connectivity index (χ4n) is 2.98. The Morgan fingerprint density at radius 2 is 1.73 bits per heavy atom. The van der Waals surface area contributed by atoms with Crippen LogP contribution < -0.4 is 0 Å². The Morgan fingerprint density at radius 3 is 2.43 bits per heavy atom. The number of aromatic nitrogens is 1. The number of aliphatic imine (C=N–C) groups is 1. The number of fused-ring (bicyclic) bond motifs is 1. The summed E-state index contributed by atoms with van der Waals surface area (Å²) in [5.41, 5.74) is 5.56. The molecule has 0 radical (unpaired) electrons. The second kappa shape index (κ2) is 8.70. The van der Waals surface area contributed by atoms with E-state index in [1.165, 1.54) is 23.3 Å². The van der Waals surface area contributed by atoms with E-state index in [2.05, 4.69) is 56.1 Å². The van der Waals surface area contributed by atoms with Gasteiger partial charge in [-0.2, -0.15) is 0 Å². The number of nitrogens with zero attached hydrogens (tertiary/aromatic N) is 2. The Bertz CT molecular complexity index is 1170. The van der Waals surface area contributed by atoms with Crippen LogP contribution in [0.1, 0.15) is 37.5 Å². The molecular formula is C25H23FN2S2. The molecule has 0 unspecified atom stereocenters. The van der Waals surface area contributed by atoms with Gasteiger partial charge in [0.05, 0.1) is 15.9 Å². The first-order chi connectivity index (χ1) is 14.4. The highest BCUT2D eigenvalue weighted by Gasteiger charge is 2.13. The van der Waals surface area contributed by atoms with E-state index in [0.29, 0.717) is 0 Å². The van der Waals surface area contributed by atoms with E-state index in [9.17, 15) is 4.39 Å². The van der Waals surface area contributed by atoms with Gasteiger partial charge >= 0.3 is 0 Å². The lowest BCUT2D eigenvalue weighted by atomic mass is 9.87. The summed E-state index contributed by atoms with van der Waals surface area (Å²) in [7, 11) is 0. The minimum Gasteiger partial charge on any atom is -0.256 e. The average molecular weight is 435 g/mol. The summed E-state index contributed by atoms with van der Waals surface area (Å²) >= 11 is 3.45. The summed E-state index contributed by atoms with van der Waals surface area (Å²) in [6.07, 6.45) is 1.75. The Hall–Kier alpha value is -2.50. The first-order valence-corrected chi connectivity index (χ1v) is 11.6. The summed E-state index contributed by atoms with van der Waals surface area (Å²) < 4.78 is 15.2. The van der Waals surface area contributed by atoms with Crippen LogP contribution in [-0.4, -0.2) is 11.2 Å². The van der Waals surface area contributed by atoms with Crippen molar-refractivity contribution in [1.82, 2.24) is 4.98 Å². The van der Waals surface area contributed by atoms with Gasteiger partial charge < -0.3 is 0 Å². The maximum absolute atomic E-state index is 13.0. The van der Waals surface area contributed by atoms with Crippen LogP contribution >= 0.6 is 23.1 Å². The van der Waals surface area contributed by atoms with Crippen LogP contribution in [0.15, 0.2) is 76.1 Å². The molecule has 0 spiro atoms. The summed E-state index contributed by atoms with van der Waals surface area (Å²) in [5.74, 6) is 0.660. The average Bonchev–Trinajstić information content (AvgIpc) is 3.14. The minimum absolute atomic E-state index is 0.176. The van der Waals surface area contributed by atoms with Crippen molar-refractivity contribution in [3.05, 3.63) is 89.2 Å². The van der Waals surface area contributed by atoms with Crippen LogP contribution in [0, 0.1) is 5.82 Å². The van der Waals surface area contributed by atoms with Crippen LogP contribution in [0.3, 0.4) is 0 Å². The van der Waals surface area contributed by atoms with E-state index in [-0.39, 0.29) is 11.2 Å². The molecular weight excluding hydrogens is 411 g/mol. The third-order valence-corrected chi connectivity index (χ3v) is 7.00. The Balaban J connectivity index is 1.44. The molecule has 0 saturated carbocycles. The molecule has 152 valence electrons. The molecule has 0 aliphatic carbocycles. The van der Waals surface area contributed by atoms with E-state index in [1.54, 1.807) is 41.4 Å². The first-order valence-electron chi connectivity index (χ1n) is 9.79. The van der Waals surface area contributed by atoms with Crippen LogP contribution in [-0.2, 0) is 11.2 Å². The highest BCUT2D eigenvalue weighted by atomic mass is 32.2. The Kier molecular flexibility index (Phi) is 6.02. The van der Waals surface area contributed by atoms with Crippen molar-refractivity contribution in [2.24, 2.45) is 4.99 Å². The monoisotopic (exact) mass is 434 g/mol. The number of benzene rings is 3. The molecule has 1 heterocycles. The van der Waals surface area contributed by atoms with Crippen molar-refractivity contribution < 1.29 is 4.39 Å². The largest absolute Gasteiger partial charge is 0.256 e. The van der Waals surface area contributed by atoms with Gasteiger partial charge in [-0.3, -0.25) is 4.99 Å². The van der Waals surface area contributed by atoms with Gasteiger partial charge in [-0.15, -0.1) is 11.3 Å². The van der Waals surface area contributed by atoms with Gasteiger partial charge in [0.1, 0.15) is 5.82 Å². The molecule has 0 aliphatic heterocycles. The molecule has 4 rings (SSSR count). The molecule has 0 atom stereocenters. The molecule has 5 heteroatoms. The summed E-state index contributed by atoms with van der Waals surface area (Å²) in [6.45, 7) is 6.70. The fraction of sp³-hybridized carbons (Fsp3) is 0.200. The molecule has 30 heavy (non-hydrogen) atoms. The lowest BCUT2D eigenvalue weighted by Crippen LogP contribution is -2.10. The molecule has 0 fully saturated rings. The minimum atomic E-state index is -0.242. The van der Waals surface area contributed by atoms with E-state index < -0.39 is 0 Å². The van der Waals surface area contributed by atoms with Crippen molar-refractivity contribution >= 4 is 45.2 Å². The lowest BCUT2D eigenvalue weighted by molar-refractivity contribution is 0.590. The standard InChI is InChI=1S/C25H23FN2S2/c1-25(2,3)19-8-4-18(5-9-19)16-29-24-28-22-13-12-21(14-23(22)30-24)27-15-17-6-10-20(26)11-7-17/h4-15H,16H2,1-3H3. The molecule has 0 saturated heterocycles. The first kappa shape index (κ1) is 20.8. The molecule has 1 aromatic heterocycles. The molecule has 0 amide bonds. The molecule has 0 aliphatic rings. The van der Waals surface area contributed by atoms with Crippen molar-refractivity contribution in [2.45, 2.75) is 36.3 Å². The number of rotatable bonds is 5. The number of thiazole rings is 1. The van der Waals surface area contributed by atoms with E-state index in [1.807, 2.05) is 12.1 Å². The predicted octanol–water partition coefficient (Wildman–Crippen LogP) is 7.78. The summed E-state index contributed by atoms with van der Waals surface area (Å²) in [5, 5.41) is 0. The van der Waals surface area contributed by atoms with E-state index in [0.717, 1.165) is 31.6 Å². The zero-order valence-corrected chi connectivity index (χ0v) is 18.9. The van der Waals surface area contributed by atoms with E-state index >= 15 is 0 Å². The normalized spacial score (nSPS) is 12.1. The quantitative estimate of drug-likeness (QED) is 0.237.